The Bertz CT molecular complexity index is 161. The van der Waals surface area contributed by atoms with Gasteiger partial charge < -0.3 is 5.32 Å². The highest BCUT2D eigenvalue weighted by atomic mass is 16.7. The van der Waals surface area contributed by atoms with Crippen molar-refractivity contribution < 1.29 is 9.63 Å². The maximum Gasteiger partial charge on any atom is 0.233 e. The predicted molar refractivity (Wildman–Crippen MR) is 45.4 cm³/mol. The Morgan fingerprint density at radius 3 is 2.33 bits per heavy atom. The van der Waals surface area contributed by atoms with Crippen molar-refractivity contribution in [3.8, 4) is 0 Å². The summed E-state index contributed by atoms with van der Waals surface area (Å²) in [6.07, 6.45) is 0.747. The van der Waals surface area contributed by atoms with E-state index >= 15 is 0 Å². The van der Waals surface area contributed by atoms with Gasteiger partial charge in [0.25, 0.3) is 0 Å². The van der Waals surface area contributed by atoms with Crippen LogP contribution in [0.3, 0.4) is 0 Å². The summed E-state index contributed by atoms with van der Waals surface area (Å²) in [5.74, 6) is 0. The molecule has 1 N–H and O–H groups in total. The number of hydrogen-bond donors (Lipinski definition) is 1. The maximum absolute atomic E-state index is 10.6. The molecule has 0 saturated carbocycles. The second-order valence-corrected chi connectivity index (χ2v) is 3.98. The highest BCUT2D eigenvalue weighted by Crippen LogP contribution is 2.13. The van der Waals surface area contributed by atoms with E-state index < -0.39 is 0 Å². The van der Waals surface area contributed by atoms with Crippen molar-refractivity contribution in [3.05, 3.63) is 0 Å². The topological polar surface area (TPSA) is 41.6 Å². The van der Waals surface area contributed by atoms with Gasteiger partial charge in [0.1, 0.15) is 0 Å². The van der Waals surface area contributed by atoms with Crippen LogP contribution < -0.4 is 5.32 Å². The predicted octanol–water partition coefficient (Wildman–Crippen LogP) is 0.147. The van der Waals surface area contributed by atoms with Gasteiger partial charge >= 0.3 is 0 Å². The van der Waals surface area contributed by atoms with Gasteiger partial charge in [0, 0.05) is 13.1 Å². The third-order valence-electron chi connectivity index (χ3n) is 1.60. The number of carbonyl (C=O) groups is 1. The molecular formula is C8H16N2O2. The summed E-state index contributed by atoms with van der Waals surface area (Å²) in [6.45, 7) is 7.43. The zero-order valence-corrected chi connectivity index (χ0v) is 7.83. The van der Waals surface area contributed by atoms with Gasteiger partial charge in [-0.05, 0) is 20.8 Å². The molecule has 0 spiro atoms. The molecule has 0 unspecified atom stereocenters. The lowest BCUT2D eigenvalue weighted by Crippen LogP contribution is -2.58. The van der Waals surface area contributed by atoms with Crippen molar-refractivity contribution in [2.24, 2.45) is 0 Å². The Morgan fingerprint density at radius 1 is 1.50 bits per heavy atom. The first-order chi connectivity index (χ1) is 5.53. The molecule has 0 aromatic carbocycles. The van der Waals surface area contributed by atoms with E-state index in [-0.39, 0.29) is 11.6 Å². The van der Waals surface area contributed by atoms with Crippen LogP contribution in [0.1, 0.15) is 20.8 Å². The number of hydroxylamine groups is 2. The maximum atomic E-state index is 10.6. The fourth-order valence-electron chi connectivity index (χ4n) is 0.952. The van der Waals surface area contributed by atoms with Crippen molar-refractivity contribution >= 4 is 6.41 Å². The SMILES string of the molecule is CC(C)(C)ON(C=O)C1CNC1. The Morgan fingerprint density at radius 2 is 2.08 bits per heavy atom. The van der Waals surface area contributed by atoms with Crippen molar-refractivity contribution in [1.29, 1.82) is 0 Å². The summed E-state index contributed by atoms with van der Waals surface area (Å²) in [7, 11) is 0. The smallest absolute Gasteiger partial charge is 0.233 e. The zero-order chi connectivity index (χ0) is 9.19. The van der Waals surface area contributed by atoms with Crippen LogP contribution in [0.2, 0.25) is 0 Å². The van der Waals surface area contributed by atoms with Gasteiger partial charge in [-0.25, -0.2) is 5.06 Å². The first kappa shape index (κ1) is 9.48. The number of nitrogens with one attached hydrogen (secondary N) is 1. The molecule has 0 bridgehead atoms. The second kappa shape index (κ2) is 3.41. The summed E-state index contributed by atoms with van der Waals surface area (Å²) in [6, 6.07) is 0.210. The minimum Gasteiger partial charge on any atom is -0.312 e. The van der Waals surface area contributed by atoms with E-state index in [2.05, 4.69) is 5.32 Å². The Hall–Kier alpha value is -0.610. The minimum atomic E-state index is -0.295. The van der Waals surface area contributed by atoms with Crippen molar-refractivity contribution in [1.82, 2.24) is 10.4 Å². The molecule has 0 aromatic heterocycles. The molecule has 1 aliphatic heterocycles. The van der Waals surface area contributed by atoms with Crippen LogP contribution >= 0.6 is 0 Å². The molecule has 70 valence electrons. The molecule has 0 atom stereocenters. The van der Waals surface area contributed by atoms with Crippen LogP contribution in [0.15, 0.2) is 0 Å². The summed E-state index contributed by atoms with van der Waals surface area (Å²) in [5, 5.41) is 4.48. The van der Waals surface area contributed by atoms with Gasteiger partial charge in [-0.1, -0.05) is 0 Å². The standard InChI is InChI=1S/C8H16N2O2/c1-8(2,3)12-10(6-11)7-4-9-5-7/h6-7,9H,4-5H2,1-3H3. The summed E-state index contributed by atoms with van der Waals surface area (Å²) in [4.78, 5) is 16.0. The lowest BCUT2D eigenvalue weighted by molar-refractivity contribution is -0.237. The van der Waals surface area contributed by atoms with Crippen LogP contribution in [0.4, 0.5) is 0 Å². The fraction of sp³-hybridized carbons (Fsp3) is 0.875. The number of rotatable bonds is 3. The van der Waals surface area contributed by atoms with Crippen molar-refractivity contribution in [2.45, 2.75) is 32.4 Å². The van der Waals surface area contributed by atoms with Gasteiger partial charge in [0.15, 0.2) is 0 Å². The molecule has 1 saturated heterocycles. The lowest BCUT2D eigenvalue weighted by atomic mass is 10.2. The molecule has 0 aliphatic carbocycles. The van der Waals surface area contributed by atoms with Gasteiger partial charge in [0.05, 0.1) is 11.6 Å². The first-order valence-electron chi connectivity index (χ1n) is 4.16. The molecule has 1 heterocycles. The summed E-state index contributed by atoms with van der Waals surface area (Å²) in [5.41, 5.74) is -0.295. The van der Waals surface area contributed by atoms with E-state index in [1.54, 1.807) is 0 Å². The zero-order valence-electron chi connectivity index (χ0n) is 7.83. The van der Waals surface area contributed by atoms with E-state index in [0.29, 0.717) is 0 Å². The van der Waals surface area contributed by atoms with E-state index in [9.17, 15) is 4.79 Å². The molecule has 1 amide bonds. The van der Waals surface area contributed by atoms with Crippen LogP contribution in [0.5, 0.6) is 0 Å². The highest BCUT2D eigenvalue weighted by molar-refractivity contribution is 5.46. The normalized spacial score (nSPS) is 18.6. The summed E-state index contributed by atoms with van der Waals surface area (Å²) >= 11 is 0. The Balaban J connectivity index is 2.39. The van der Waals surface area contributed by atoms with E-state index in [4.69, 9.17) is 4.84 Å². The van der Waals surface area contributed by atoms with Crippen LogP contribution in [-0.4, -0.2) is 36.2 Å². The van der Waals surface area contributed by atoms with E-state index in [1.807, 2.05) is 20.8 Å². The highest BCUT2D eigenvalue weighted by Gasteiger charge is 2.27. The number of nitrogens with zero attached hydrogens (tertiary/aromatic N) is 1. The van der Waals surface area contributed by atoms with Crippen LogP contribution in [-0.2, 0) is 9.63 Å². The van der Waals surface area contributed by atoms with Gasteiger partial charge in [-0.3, -0.25) is 9.63 Å². The molecule has 1 fully saturated rings. The first-order valence-corrected chi connectivity index (χ1v) is 4.16. The number of hydrogen-bond acceptors (Lipinski definition) is 3. The van der Waals surface area contributed by atoms with Crippen molar-refractivity contribution in [3.63, 3.8) is 0 Å². The quantitative estimate of drug-likeness (QED) is 0.486. The Labute approximate surface area is 72.8 Å². The van der Waals surface area contributed by atoms with Crippen molar-refractivity contribution in [2.75, 3.05) is 13.1 Å². The monoisotopic (exact) mass is 172 g/mol. The second-order valence-electron chi connectivity index (χ2n) is 3.98. The fourth-order valence-corrected chi connectivity index (χ4v) is 0.952. The average Bonchev–Trinajstić information content (AvgIpc) is 1.79. The van der Waals surface area contributed by atoms with Crippen LogP contribution in [0, 0.1) is 0 Å². The molecule has 0 radical (unpaired) electrons. The average molecular weight is 172 g/mol. The number of amides is 1. The molecule has 12 heavy (non-hydrogen) atoms. The third-order valence-corrected chi connectivity index (χ3v) is 1.60. The number of carbonyl (C=O) groups excluding carboxylic acids is 1. The molecule has 4 heteroatoms. The summed E-state index contributed by atoms with van der Waals surface area (Å²) < 4.78 is 0. The van der Waals surface area contributed by atoms with E-state index in [1.165, 1.54) is 5.06 Å². The van der Waals surface area contributed by atoms with Gasteiger partial charge in [-0.15, -0.1) is 0 Å². The molecule has 1 aliphatic rings. The molecule has 4 nitrogen and oxygen atoms in total. The molecular weight excluding hydrogens is 156 g/mol. The molecule has 0 aromatic rings. The van der Waals surface area contributed by atoms with Gasteiger partial charge in [-0.2, -0.15) is 0 Å². The van der Waals surface area contributed by atoms with Crippen LogP contribution in [0.25, 0.3) is 0 Å². The largest absolute Gasteiger partial charge is 0.312 e. The Kier molecular flexibility index (Phi) is 2.69. The van der Waals surface area contributed by atoms with Gasteiger partial charge in [0.2, 0.25) is 6.41 Å². The third kappa shape index (κ3) is 2.46. The molecule has 1 rings (SSSR count). The minimum absolute atomic E-state index is 0.210. The lowest BCUT2D eigenvalue weighted by Gasteiger charge is -2.37. The van der Waals surface area contributed by atoms with E-state index in [0.717, 1.165) is 19.5 Å².